The normalized spacial score (nSPS) is 19.1. The molecule has 0 saturated heterocycles. The Hall–Kier alpha value is -2.56. The number of rotatable bonds is 9. The second kappa shape index (κ2) is 10.8. The van der Waals surface area contributed by atoms with Crippen LogP contribution in [0, 0.1) is 5.92 Å². The second-order valence-corrected chi connectivity index (χ2v) is 7.89. The molecule has 0 unspecified atom stereocenters. The number of hydrogen-bond donors (Lipinski definition) is 0. The van der Waals surface area contributed by atoms with Crippen LogP contribution in [-0.2, 0) is 23.8 Å². The Kier molecular flexibility index (Phi) is 8.50. The molecule has 2 atom stereocenters. The number of fused-ring (bicyclic) bond motifs is 1. The Morgan fingerprint density at radius 1 is 1.17 bits per heavy atom. The van der Waals surface area contributed by atoms with Crippen LogP contribution in [0.2, 0.25) is 0 Å². The molecule has 5 nitrogen and oxygen atoms in total. The molecule has 0 fully saturated rings. The number of ether oxygens (including phenoxy) is 3. The zero-order chi connectivity index (χ0) is 21.4. The van der Waals surface area contributed by atoms with Crippen molar-refractivity contribution in [3.8, 4) is 0 Å². The average molecular weight is 401 g/mol. The van der Waals surface area contributed by atoms with Crippen LogP contribution in [0.5, 0.6) is 0 Å². The molecular weight excluding hydrogens is 368 g/mol. The molecule has 0 aromatic heterocycles. The molecule has 0 aromatic rings. The van der Waals surface area contributed by atoms with Crippen molar-refractivity contribution in [2.24, 2.45) is 5.92 Å². The molecule has 0 saturated carbocycles. The van der Waals surface area contributed by atoms with Crippen molar-refractivity contribution in [2.75, 3.05) is 6.61 Å². The van der Waals surface area contributed by atoms with E-state index in [2.05, 4.69) is 32.9 Å². The minimum atomic E-state index is -0.328. The first-order valence-corrected chi connectivity index (χ1v) is 10.1. The lowest BCUT2D eigenvalue weighted by atomic mass is 9.87. The highest BCUT2D eigenvalue weighted by molar-refractivity contribution is 5.67. The summed E-state index contributed by atoms with van der Waals surface area (Å²) in [5.74, 6) is -0.422. The first-order chi connectivity index (χ1) is 13.8. The highest BCUT2D eigenvalue weighted by atomic mass is 16.5. The van der Waals surface area contributed by atoms with Crippen LogP contribution in [0.1, 0.15) is 60.3 Å². The predicted molar refractivity (Wildman–Crippen MR) is 113 cm³/mol. The summed E-state index contributed by atoms with van der Waals surface area (Å²) in [5.41, 5.74) is 5.59. The fourth-order valence-electron chi connectivity index (χ4n) is 3.60. The highest BCUT2D eigenvalue weighted by Gasteiger charge is 2.31. The second-order valence-electron chi connectivity index (χ2n) is 7.89. The van der Waals surface area contributed by atoms with Crippen molar-refractivity contribution in [2.45, 2.75) is 66.4 Å². The summed E-state index contributed by atoms with van der Waals surface area (Å²) >= 11 is 0. The number of allylic oxidation sites excluding steroid dienone is 4. The van der Waals surface area contributed by atoms with Gasteiger partial charge < -0.3 is 14.2 Å². The Labute approximate surface area is 173 Å². The summed E-state index contributed by atoms with van der Waals surface area (Å²) < 4.78 is 16.3. The van der Waals surface area contributed by atoms with E-state index in [4.69, 9.17) is 14.2 Å². The molecule has 158 valence electrons. The van der Waals surface area contributed by atoms with E-state index in [0.717, 1.165) is 36.0 Å². The van der Waals surface area contributed by atoms with Gasteiger partial charge in [0, 0.05) is 31.8 Å². The van der Waals surface area contributed by atoms with Crippen LogP contribution in [0.3, 0.4) is 0 Å². The van der Waals surface area contributed by atoms with Crippen LogP contribution >= 0.6 is 0 Å². The van der Waals surface area contributed by atoms with E-state index in [-0.39, 0.29) is 30.6 Å². The minimum absolute atomic E-state index is 0.173. The van der Waals surface area contributed by atoms with E-state index in [1.54, 1.807) is 12.5 Å². The molecule has 29 heavy (non-hydrogen) atoms. The highest BCUT2D eigenvalue weighted by Crippen LogP contribution is 2.40. The van der Waals surface area contributed by atoms with Gasteiger partial charge in [-0.15, -0.1) is 0 Å². The van der Waals surface area contributed by atoms with Gasteiger partial charge in [0.05, 0.1) is 12.5 Å². The standard InChI is InChI=1S/C24H32O5/c1-16(2)7-6-8-17(3)11-22(29-19(5)26)12-21-13-27-15-24-20(9-10-23(21)24)14-28-18(4)25/h7,9,11,13,15,22-23H,6,8,10,12,14H2,1-5H3/b17-11+/t22-,23+/m0/s1. The van der Waals surface area contributed by atoms with Crippen molar-refractivity contribution in [1.82, 2.24) is 0 Å². The monoisotopic (exact) mass is 400 g/mol. The zero-order valence-corrected chi connectivity index (χ0v) is 18.1. The van der Waals surface area contributed by atoms with Gasteiger partial charge in [0.15, 0.2) is 0 Å². The third kappa shape index (κ3) is 7.41. The van der Waals surface area contributed by atoms with E-state index in [1.807, 2.05) is 6.08 Å². The molecule has 0 aromatic carbocycles. The molecule has 0 amide bonds. The molecule has 1 aliphatic heterocycles. The number of hydrogen-bond acceptors (Lipinski definition) is 5. The van der Waals surface area contributed by atoms with E-state index < -0.39 is 0 Å². The van der Waals surface area contributed by atoms with Crippen LogP contribution in [0.25, 0.3) is 0 Å². The van der Waals surface area contributed by atoms with Crippen LogP contribution in [0.15, 0.2) is 58.6 Å². The molecule has 0 N–H and O–H groups in total. The zero-order valence-electron chi connectivity index (χ0n) is 18.1. The summed E-state index contributed by atoms with van der Waals surface area (Å²) in [6, 6.07) is 0. The third-order valence-corrected chi connectivity index (χ3v) is 4.95. The molecule has 0 radical (unpaired) electrons. The maximum atomic E-state index is 11.6. The molecule has 1 heterocycles. The lowest BCUT2D eigenvalue weighted by Gasteiger charge is -2.25. The number of carbonyl (C=O) groups excluding carboxylic acids is 2. The predicted octanol–water partition coefficient (Wildman–Crippen LogP) is 5.31. The van der Waals surface area contributed by atoms with Crippen molar-refractivity contribution < 1.29 is 23.8 Å². The van der Waals surface area contributed by atoms with Gasteiger partial charge in [-0.3, -0.25) is 9.59 Å². The minimum Gasteiger partial charge on any atom is -0.472 e. The van der Waals surface area contributed by atoms with Crippen LogP contribution < -0.4 is 0 Å². The van der Waals surface area contributed by atoms with Gasteiger partial charge in [0.1, 0.15) is 12.7 Å². The van der Waals surface area contributed by atoms with Crippen LogP contribution in [-0.4, -0.2) is 24.6 Å². The summed E-state index contributed by atoms with van der Waals surface area (Å²) in [6.07, 6.45) is 12.8. The quantitative estimate of drug-likeness (QED) is 0.388. The van der Waals surface area contributed by atoms with Crippen molar-refractivity contribution >= 4 is 11.9 Å². The Bertz CT molecular complexity index is 775. The maximum Gasteiger partial charge on any atom is 0.303 e. The first kappa shape index (κ1) is 22.7. The van der Waals surface area contributed by atoms with Crippen molar-refractivity contribution in [3.63, 3.8) is 0 Å². The molecule has 5 heteroatoms. The van der Waals surface area contributed by atoms with Gasteiger partial charge in [-0.2, -0.15) is 0 Å². The lowest BCUT2D eigenvalue weighted by molar-refractivity contribution is -0.144. The molecule has 1 aliphatic carbocycles. The van der Waals surface area contributed by atoms with E-state index in [0.29, 0.717) is 6.42 Å². The smallest absolute Gasteiger partial charge is 0.303 e. The SMILES string of the molecule is CC(=O)OCC1=CC[C@@H]2C(C[C@H](/C=C(\C)CCC=C(C)C)OC(C)=O)=COC=C12. The summed E-state index contributed by atoms with van der Waals surface area (Å²) in [5, 5.41) is 0. The summed E-state index contributed by atoms with van der Waals surface area (Å²) in [4.78, 5) is 22.7. The maximum absolute atomic E-state index is 11.6. The largest absolute Gasteiger partial charge is 0.472 e. The Balaban J connectivity index is 2.04. The van der Waals surface area contributed by atoms with Gasteiger partial charge in [-0.05, 0) is 57.3 Å². The number of esters is 2. The van der Waals surface area contributed by atoms with E-state index in [1.165, 1.54) is 25.0 Å². The molecule has 0 bridgehead atoms. The Morgan fingerprint density at radius 2 is 1.93 bits per heavy atom. The molecule has 2 aliphatic rings. The summed E-state index contributed by atoms with van der Waals surface area (Å²) in [6.45, 7) is 9.34. The van der Waals surface area contributed by atoms with Crippen LogP contribution in [0.4, 0.5) is 0 Å². The third-order valence-electron chi connectivity index (χ3n) is 4.95. The van der Waals surface area contributed by atoms with Gasteiger partial charge in [-0.25, -0.2) is 0 Å². The van der Waals surface area contributed by atoms with Gasteiger partial charge >= 0.3 is 11.9 Å². The fraction of sp³-hybridized carbons (Fsp3) is 0.500. The van der Waals surface area contributed by atoms with E-state index in [9.17, 15) is 9.59 Å². The first-order valence-electron chi connectivity index (χ1n) is 10.1. The average Bonchev–Trinajstić information content (AvgIpc) is 3.03. The van der Waals surface area contributed by atoms with Crippen molar-refractivity contribution in [1.29, 1.82) is 0 Å². The Morgan fingerprint density at radius 3 is 2.59 bits per heavy atom. The van der Waals surface area contributed by atoms with Crippen molar-refractivity contribution in [3.05, 3.63) is 58.6 Å². The molecule has 2 rings (SSSR count). The number of carbonyl (C=O) groups is 2. The topological polar surface area (TPSA) is 61.8 Å². The molecule has 0 spiro atoms. The van der Waals surface area contributed by atoms with Gasteiger partial charge in [-0.1, -0.05) is 23.3 Å². The van der Waals surface area contributed by atoms with E-state index >= 15 is 0 Å². The fourth-order valence-corrected chi connectivity index (χ4v) is 3.60. The molecular formula is C24H32O5. The van der Waals surface area contributed by atoms with Gasteiger partial charge in [0.25, 0.3) is 0 Å². The van der Waals surface area contributed by atoms with Gasteiger partial charge in [0.2, 0.25) is 0 Å². The summed E-state index contributed by atoms with van der Waals surface area (Å²) in [7, 11) is 0. The lowest BCUT2D eigenvalue weighted by Crippen LogP contribution is -2.19.